The minimum Gasteiger partial charge on any atom is -0.373 e. The molecule has 0 radical (unpaired) electrons. The molecule has 6 heteroatoms. The van der Waals surface area contributed by atoms with Gasteiger partial charge < -0.3 is 9.88 Å². The van der Waals surface area contributed by atoms with E-state index in [2.05, 4.69) is 10.3 Å². The Morgan fingerprint density at radius 2 is 2.06 bits per heavy atom. The number of aromatic nitrogens is 3. The maximum atomic E-state index is 11.8. The Hall–Kier alpha value is -2.37. The van der Waals surface area contributed by atoms with Crippen LogP contribution < -0.4 is 16.6 Å². The second-order valence-electron chi connectivity index (χ2n) is 3.90. The number of nitrogens with one attached hydrogen (secondary N) is 1. The molecule has 94 valence electrons. The van der Waals surface area contributed by atoms with Gasteiger partial charge in [0.15, 0.2) is 0 Å². The highest BCUT2D eigenvalue weighted by Crippen LogP contribution is 2.03. The molecule has 0 aliphatic rings. The van der Waals surface area contributed by atoms with Gasteiger partial charge in [-0.25, -0.2) is 9.78 Å². The maximum Gasteiger partial charge on any atom is 0.331 e. The van der Waals surface area contributed by atoms with Crippen molar-refractivity contribution < 1.29 is 0 Å². The van der Waals surface area contributed by atoms with Crippen LogP contribution in [-0.4, -0.2) is 21.2 Å². The molecule has 0 atom stereocenters. The van der Waals surface area contributed by atoms with Crippen molar-refractivity contribution >= 4 is 5.82 Å². The normalized spacial score (nSPS) is 10.3. The fourth-order valence-electron chi connectivity index (χ4n) is 1.63. The van der Waals surface area contributed by atoms with Gasteiger partial charge in [-0.1, -0.05) is 6.07 Å². The predicted molar refractivity (Wildman–Crippen MR) is 68.8 cm³/mol. The Bertz CT molecular complexity index is 672. The summed E-state index contributed by atoms with van der Waals surface area (Å²) in [7, 11) is 3.37. The molecule has 0 saturated carbocycles. The van der Waals surface area contributed by atoms with Crippen LogP contribution in [0.2, 0.25) is 0 Å². The number of pyridine rings is 1. The summed E-state index contributed by atoms with van der Waals surface area (Å²) in [5.74, 6) is 0.702. The van der Waals surface area contributed by atoms with E-state index < -0.39 is 0 Å². The number of hydrogen-bond acceptors (Lipinski definition) is 4. The van der Waals surface area contributed by atoms with Crippen LogP contribution in [0.5, 0.6) is 0 Å². The Kier molecular flexibility index (Phi) is 3.27. The SMILES string of the molecule is CNc1cccc(Cn2c(=O)ccn(C)c2=O)n1. The van der Waals surface area contributed by atoms with E-state index in [0.29, 0.717) is 11.5 Å². The standard InChI is InChI=1S/C12H14N4O2/c1-13-10-5-3-4-9(14-10)8-16-11(17)6-7-15(2)12(16)18/h3-7H,8H2,1-2H3,(H,13,14). The smallest absolute Gasteiger partial charge is 0.331 e. The summed E-state index contributed by atoms with van der Waals surface area (Å²) in [5.41, 5.74) is -0.0128. The average molecular weight is 246 g/mol. The Morgan fingerprint density at radius 1 is 1.28 bits per heavy atom. The Balaban J connectivity index is 2.43. The van der Waals surface area contributed by atoms with Gasteiger partial charge in [0.25, 0.3) is 5.56 Å². The van der Waals surface area contributed by atoms with Gasteiger partial charge in [0.1, 0.15) is 5.82 Å². The zero-order chi connectivity index (χ0) is 13.1. The number of nitrogens with zero attached hydrogens (tertiary/aromatic N) is 3. The van der Waals surface area contributed by atoms with E-state index in [-0.39, 0.29) is 17.8 Å². The fraction of sp³-hybridized carbons (Fsp3) is 0.250. The molecule has 0 saturated heterocycles. The summed E-state index contributed by atoms with van der Waals surface area (Å²) < 4.78 is 2.52. The van der Waals surface area contributed by atoms with E-state index in [1.165, 1.54) is 16.8 Å². The number of anilines is 1. The van der Waals surface area contributed by atoms with E-state index in [0.717, 1.165) is 4.57 Å². The summed E-state index contributed by atoms with van der Waals surface area (Å²) in [6.07, 6.45) is 1.46. The molecule has 2 aromatic heterocycles. The maximum absolute atomic E-state index is 11.8. The summed E-state index contributed by atoms with van der Waals surface area (Å²) in [4.78, 5) is 27.8. The molecular weight excluding hydrogens is 232 g/mol. The first-order valence-corrected chi connectivity index (χ1v) is 5.52. The first kappa shape index (κ1) is 12.1. The zero-order valence-corrected chi connectivity index (χ0v) is 10.3. The van der Waals surface area contributed by atoms with Crippen molar-refractivity contribution in [1.82, 2.24) is 14.1 Å². The van der Waals surface area contributed by atoms with Crippen LogP contribution >= 0.6 is 0 Å². The Labute approximate surface area is 104 Å². The average Bonchev–Trinajstić information content (AvgIpc) is 2.39. The third-order valence-corrected chi connectivity index (χ3v) is 2.62. The van der Waals surface area contributed by atoms with Crippen LogP contribution in [0, 0.1) is 0 Å². The minimum atomic E-state index is -0.348. The van der Waals surface area contributed by atoms with Crippen LogP contribution in [0.15, 0.2) is 40.1 Å². The number of rotatable bonds is 3. The highest BCUT2D eigenvalue weighted by atomic mass is 16.2. The Morgan fingerprint density at radius 3 is 2.78 bits per heavy atom. The molecule has 0 aromatic carbocycles. The molecule has 0 unspecified atom stereocenters. The fourth-order valence-corrected chi connectivity index (χ4v) is 1.63. The number of aryl methyl sites for hydroxylation is 1. The second-order valence-corrected chi connectivity index (χ2v) is 3.90. The zero-order valence-electron chi connectivity index (χ0n) is 10.3. The van der Waals surface area contributed by atoms with E-state index in [4.69, 9.17) is 0 Å². The van der Waals surface area contributed by atoms with Crippen LogP contribution in [0.1, 0.15) is 5.69 Å². The quantitative estimate of drug-likeness (QED) is 0.829. The van der Waals surface area contributed by atoms with Crippen molar-refractivity contribution in [3.63, 3.8) is 0 Å². The number of hydrogen-bond donors (Lipinski definition) is 1. The van der Waals surface area contributed by atoms with Crippen LogP contribution in [0.3, 0.4) is 0 Å². The molecule has 0 aliphatic heterocycles. The van der Waals surface area contributed by atoms with Gasteiger partial charge in [0.2, 0.25) is 0 Å². The molecule has 0 fully saturated rings. The predicted octanol–water partition coefficient (Wildman–Crippen LogP) is 0.0320. The van der Waals surface area contributed by atoms with Gasteiger partial charge in [0.05, 0.1) is 12.2 Å². The van der Waals surface area contributed by atoms with Crippen molar-refractivity contribution in [3.8, 4) is 0 Å². The largest absolute Gasteiger partial charge is 0.373 e. The van der Waals surface area contributed by atoms with E-state index in [9.17, 15) is 9.59 Å². The molecule has 6 nitrogen and oxygen atoms in total. The van der Waals surface area contributed by atoms with E-state index in [1.807, 2.05) is 12.1 Å². The van der Waals surface area contributed by atoms with Gasteiger partial charge in [-0.3, -0.25) is 9.36 Å². The molecule has 0 aliphatic carbocycles. The molecule has 1 N–H and O–H groups in total. The molecule has 2 rings (SSSR count). The first-order chi connectivity index (χ1) is 8.61. The first-order valence-electron chi connectivity index (χ1n) is 5.52. The summed E-state index contributed by atoms with van der Waals surface area (Å²) in [6.45, 7) is 0.169. The molecule has 0 spiro atoms. The minimum absolute atomic E-state index is 0.169. The van der Waals surface area contributed by atoms with Crippen LogP contribution in [-0.2, 0) is 13.6 Å². The third-order valence-electron chi connectivity index (χ3n) is 2.62. The van der Waals surface area contributed by atoms with Gasteiger partial charge in [-0.05, 0) is 12.1 Å². The lowest BCUT2D eigenvalue weighted by molar-refractivity contribution is 0.631. The topological polar surface area (TPSA) is 68.9 Å². The lowest BCUT2D eigenvalue weighted by Gasteiger charge is -2.07. The summed E-state index contributed by atoms with van der Waals surface area (Å²) in [6, 6.07) is 6.78. The molecule has 0 amide bonds. The van der Waals surface area contributed by atoms with Crippen LogP contribution in [0.4, 0.5) is 5.82 Å². The van der Waals surface area contributed by atoms with Crippen molar-refractivity contribution in [2.45, 2.75) is 6.54 Å². The van der Waals surface area contributed by atoms with Crippen molar-refractivity contribution in [2.75, 3.05) is 12.4 Å². The van der Waals surface area contributed by atoms with Gasteiger partial charge >= 0.3 is 5.69 Å². The molecule has 18 heavy (non-hydrogen) atoms. The molecule has 2 aromatic rings. The van der Waals surface area contributed by atoms with Gasteiger partial charge in [-0.15, -0.1) is 0 Å². The van der Waals surface area contributed by atoms with Gasteiger partial charge in [0, 0.05) is 26.4 Å². The lowest BCUT2D eigenvalue weighted by atomic mass is 10.3. The van der Waals surface area contributed by atoms with Crippen molar-refractivity contribution in [2.24, 2.45) is 7.05 Å². The monoisotopic (exact) mass is 246 g/mol. The summed E-state index contributed by atoms with van der Waals surface area (Å²) in [5, 5.41) is 2.91. The van der Waals surface area contributed by atoms with Crippen LogP contribution in [0.25, 0.3) is 0 Å². The molecule has 0 bridgehead atoms. The third kappa shape index (κ3) is 2.32. The lowest BCUT2D eigenvalue weighted by Crippen LogP contribution is -2.38. The van der Waals surface area contributed by atoms with E-state index >= 15 is 0 Å². The summed E-state index contributed by atoms with van der Waals surface area (Å²) >= 11 is 0. The van der Waals surface area contributed by atoms with Gasteiger partial charge in [-0.2, -0.15) is 0 Å². The molecule has 2 heterocycles. The van der Waals surface area contributed by atoms with Crippen molar-refractivity contribution in [1.29, 1.82) is 0 Å². The molecular formula is C12H14N4O2. The highest BCUT2D eigenvalue weighted by Gasteiger charge is 2.05. The van der Waals surface area contributed by atoms with E-state index in [1.54, 1.807) is 20.2 Å². The second kappa shape index (κ2) is 4.87. The highest BCUT2D eigenvalue weighted by molar-refractivity contribution is 5.34. The van der Waals surface area contributed by atoms with Crippen molar-refractivity contribution in [3.05, 3.63) is 57.0 Å².